The van der Waals surface area contributed by atoms with Crippen molar-refractivity contribution in [3.05, 3.63) is 29.6 Å². The Morgan fingerprint density at radius 3 is 2.56 bits per heavy atom. The standard InChI is InChI=1S/C12H10F3NO2/c13-12(14,15)9-3-4-16-6-8(9)11(18)5-10(17)7-1-2-7/h3-4,6-7H,1-2,5H2. The number of carbonyl (C=O) groups is 2. The Kier molecular flexibility index (Phi) is 3.19. The minimum absolute atomic E-state index is 0.139. The zero-order chi connectivity index (χ0) is 13.3. The number of carbonyl (C=O) groups excluding carboxylic acids is 2. The summed E-state index contributed by atoms with van der Waals surface area (Å²) in [7, 11) is 0. The molecule has 0 aliphatic heterocycles. The smallest absolute Gasteiger partial charge is 0.299 e. The van der Waals surface area contributed by atoms with Crippen LogP contribution < -0.4 is 0 Å². The highest BCUT2D eigenvalue weighted by atomic mass is 19.4. The molecule has 0 aromatic carbocycles. The summed E-state index contributed by atoms with van der Waals surface area (Å²) in [5, 5.41) is 0. The van der Waals surface area contributed by atoms with E-state index in [4.69, 9.17) is 0 Å². The van der Waals surface area contributed by atoms with Gasteiger partial charge in [0.2, 0.25) is 0 Å². The number of nitrogens with zero attached hydrogens (tertiary/aromatic N) is 1. The van der Waals surface area contributed by atoms with Crippen LogP contribution in [0.15, 0.2) is 18.5 Å². The van der Waals surface area contributed by atoms with E-state index in [1.54, 1.807) is 0 Å². The lowest BCUT2D eigenvalue weighted by molar-refractivity contribution is -0.138. The van der Waals surface area contributed by atoms with E-state index in [-0.39, 0.29) is 11.7 Å². The van der Waals surface area contributed by atoms with Crippen molar-refractivity contribution in [1.82, 2.24) is 4.98 Å². The number of aromatic nitrogens is 1. The van der Waals surface area contributed by atoms with Gasteiger partial charge in [0, 0.05) is 23.9 Å². The molecular formula is C12H10F3NO2. The first kappa shape index (κ1) is 12.7. The molecule has 96 valence electrons. The van der Waals surface area contributed by atoms with E-state index in [1.165, 1.54) is 0 Å². The van der Waals surface area contributed by atoms with Gasteiger partial charge in [-0.25, -0.2) is 0 Å². The van der Waals surface area contributed by atoms with Gasteiger partial charge in [0.1, 0.15) is 5.78 Å². The van der Waals surface area contributed by atoms with Crippen LogP contribution in [-0.4, -0.2) is 16.6 Å². The fourth-order valence-electron chi connectivity index (χ4n) is 1.67. The van der Waals surface area contributed by atoms with Crippen LogP contribution in [0.3, 0.4) is 0 Å². The number of ketones is 2. The molecule has 0 unspecified atom stereocenters. The zero-order valence-electron chi connectivity index (χ0n) is 9.33. The minimum atomic E-state index is -4.61. The van der Waals surface area contributed by atoms with Crippen LogP contribution in [-0.2, 0) is 11.0 Å². The Hall–Kier alpha value is -1.72. The molecule has 0 spiro atoms. The molecule has 0 amide bonds. The first-order valence-electron chi connectivity index (χ1n) is 5.46. The number of hydrogen-bond acceptors (Lipinski definition) is 3. The summed E-state index contributed by atoms with van der Waals surface area (Å²) >= 11 is 0. The molecule has 1 heterocycles. The summed E-state index contributed by atoms with van der Waals surface area (Å²) < 4.78 is 38.0. The average molecular weight is 257 g/mol. The van der Waals surface area contributed by atoms with Crippen molar-refractivity contribution in [1.29, 1.82) is 0 Å². The van der Waals surface area contributed by atoms with Gasteiger partial charge in [-0.1, -0.05) is 0 Å². The van der Waals surface area contributed by atoms with E-state index < -0.39 is 29.5 Å². The maximum absolute atomic E-state index is 12.7. The minimum Gasteiger partial charge on any atom is -0.299 e. The van der Waals surface area contributed by atoms with Crippen molar-refractivity contribution in [3.63, 3.8) is 0 Å². The topological polar surface area (TPSA) is 47.0 Å². The first-order valence-corrected chi connectivity index (χ1v) is 5.46. The fourth-order valence-corrected chi connectivity index (χ4v) is 1.67. The number of Topliss-reactive ketones (excluding diaryl/α,β-unsaturated/α-hetero) is 2. The molecule has 0 N–H and O–H groups in total. The van der Waals surface area contributed by atoms with Crippen LogP contribution in [0, 0.1) is 5.92 Å². The molecule has 6 heteroatoms. The van der Waals surface area contributed by atoms with Gasteiger partial charge in [-0.05, 0) is 18.9 Å². The number of alkyl halides is 3. The maximum atomic E-state index is 12.7. The van der Waals surface area contributed by atoms with Crippen LogP contribution in [0.2, 0.25) is 0 Å². The largest absolute Gasteiger partial charge is 0.417 e. The predicted molar refractivity (Wildman–Crippen MR) is 55.9 cm³/mol. The average Bonchev–Trinajstić information content (AvgIpc) is 3.11. The van der Waals surface area contributed by atoms with Gasteiger partial charge in [0.25, 0.3) is 0 Å². The van der Waals surface area contributed by atoms with Crippen LogP contribution in [0.4, 0.5) is 13.2 Å². The van der Waals surface area contributed by atoms with Crippen LogP contribution >= 0.6 is 0 Å². The molecular weight excluding hydrogens is 247 g/mol. The molecule has 0 atom stereocenters. The molecule has 1 saturated carbocycles. The molecule has 0 bridgehead atoms. The van der Waals surface area contributed by atoms with Gasteiger partial charge < -0.3 is 0 Å². The SMILES string of the molecule is O=C(CC(=O)C1CC1)c1cnccc1C(F)(F)F. The summed E-state index contributed by atoms with van der Waals surface area (Å²) in [5.41, 5.74) is -1.56. The molecule has 1 aromatic heterocycles. The third-order valence-corrected chi connectivity index (χ3v) is 2.79. The van der Waals surface area contributed by atoms with Crippen molar-refractivity contribution >= 4 is 11.6 Å². The molecule has 3 nitrogen and oxygen atoms in total. The highest BCUT2D eigenvalue weighted by molar-refractivity contribution is 6.09. The lowest BCUT2D eigenvalue weighted by atomic mass is 10.0. The summed E-state index contributed by atoms with van der Waals surface area (Å²) in [6, 6.07) is 0.745. The lowest BCUT2D eigenvalue weighted by Gasteiger charge is -2.10. The maximum Gasteiger partial charge on any atom is 0.417 e. The number of rotatable bonds is 4. The van der Waals surface area contributed by atoms with Gasteiger partial charge >= 0.3 is 6.18 Å². The van der Waals surface area contributed by atoms with Gasteiger partial charge in [0.15, 0.2) is 5.78 Å². The number of hydrogen-bond donors (Lipinski definition) is 0. The molecule has 0 saturated heterocycles. The zero-order valence-corrected chi connectivity index (χ0v) is 9.33. The van der Waals surface area contributed by atoms with Gasteiger partial charge in [0.05, 0.1) is 12.0 Å². The van der Waals surface area contributed by atoms with Crippen molar-refractivity contribution in [2.45, 2.75) is 25.4 Å². The van der Waals surface area contributed by atoms with E-state index in [2.05, 4.69) is 4.98 Å². The van der Waals surface area contributed by atoms with E-state index in [0.717, 1.165) is 31.3 Å². The van der Waals surface area contributed by atoms with Gasteiger partial charge in [-0.3, -0.25) is 14.6 Å². The van der Waals surface area contributed by atoms with Crippen molar-refractivity contribution in [3.8, 4) is 0 Å². The molecule has 1 aliphatic carbocycles. The van der Waals surface area contributed by atoms with Crippen molar-refractivity contribution < 1.29 is 22.8 Å². The molecule has 1 aromatic rings. The fraction of sp³-hybridized carbons (Fsp3) is 0.417. The highest BCUT2D eigenvalue weighted by Crippen LogP contribution is 2.34. The number of pyridine rings is 1. The summed E-state index contributed by atoms with van der Waals surface area (Å²) in [6.07, 6.45) is -1.79. The molecule has 1 aliphatic rings. The molecule has 2 rings (SSSR count). The third-order valence-electron chi connectivity index (χ3n) is 2.79. The van der Waals surface area contributed by atoms with Crippen LogP contribution in [0.1, 0.15) is 35.2 Å². The second-order valence-corrected chi connectivity index (χ2v) is 4.26. The molecule has 0 radical (unpaired) electrons. The summed E-state index contributed by atoms with van der Waals surface area (Å²) in [5.74, 6) is -1.23. The lowest BCUT2D eigenvalue weighted by Crippen LogP contribution is -2.16. The Balaban J connectivity index is 2.21. The van der Waals surface area contributed by atoms with Crippen molar-refractivity contribution in [2.24, 2.45) is 5.92 Å². The van der Waals surface area contributed by atoms with Gasteiger partial charge in [-0.2, -0.15) is 13.2 Å². The third kappa shape index (κ3) is 2.75. The van der Waals surface area contributed by atoms with E-state index in [1.807, 2.05) is 0 Å². The Morgan fingerprint density at radius 1 is 1.33 bits per heavy atom. The quantitative estimate of drug-likeness (QED) is 0.615. The van der Waals surface area contributed by atoms with Crippen LogP contribution in [0.25, 0.3) is 0 Å². The Bertz CT molecular complexity index is 492. The Labute approximate surface area is 101 Å². The summed E-state index contributed by atoms with van der Waals surface area (Å²) in [4.78, 5) is 26.6. The first-order chi connectivity index (χ1) is 8.39. The second kappa shape index (κ2) is 4.51. The van der Waals surface area contributed by atoms with E-state index in [0.29, 0.717) is 0 Å². The predicted octanol–water partition coefficient (Wildman–Crippen LogP) is 2.65. The van der Waals surface area contributed by atoms with E-state index in [9.17, 15) is 22.8 Å². The Morgan fingerprint density at radius 2 is 2.00 bits per heavy atom. The normalized spacial score (nSPS) is 15.5. The highest BCUT2D eigenvalue weighted by Gasteiger charge is 2.36. The number of halogens is 3. The van der Waals surface area contributed by atoms with Gasteiger partial charge in [-0.15, -0.1) is 0 Å². The molecule has 18 heavy (non-hydrogen) atoms. The molecule has 1 fully saturated rings. The van der Waals surface area contributed by atoms with Crippen LogP contribution in [0.5, 0.6) is 0 Å². The monoisotopic (exact) mass is 257 g/mol. The van der Waals surface area contributed by atoms with Crippen molar-refractivity contribution in [2.75, 3.05) is 0 Å². The summed E-state index contributed by atoms with van der Waals surface area (Å²) in [6.45, 7) is 0. The second-order valence-electron chi connectivity index (χ2n) is 4.26. The van der Waals surface area contributed by atoms with E-state index >= 15 is 0 Å².